The Balaban J connectivity index is 1.52. The molecule has 0 spiro atoms. The van der Waals surface area contributed by atoms with Crippen molar-refractivity contribution < 1.29 is 4.79 Å². The number of carbonyl (C=O) groups excluding carboxylic acids is 1. The van der Waals surface area contributed by atoms with Crippen molar-refractivity contribution in [3.05, 3.63) is 0 Å². The van der Waals surface area contributed by atoms with Crippen molar-refractivity contribution in [3.8, 4) is 0 Å². The molecule has 24 heavy (non-hydrogen) atoms. The molecule has 140 valence electrons. The second-order valence-corrected chi connectivity index (χ2v) is 7.60. The summed E-state index contributed by atoms with van der Waals surface area (Å²) in [5.74, 6) is 5.98. The van der Waals surface area contributed by atoms with Crippen molar-refractivity contribution in [2.24, 2.45) is 11.8 Å². The first-order chi connectivity index (χ1) is 11.6. The average Bonchev–Trinajstić information content (AvgIpc) is 2.58. The molecular weight excluding hydrogens is 304 g/mol. The molecule has 7 nitrogen and oxygen atoms in total. The van der Waals surface area contributed by atoms with E-state index in [1.54, 1.807) is 0 Å². The summed E-state index contributed by atoms with van der Waals surface area (Å²) < 4.78 is 0. The third-order valence-corrected chi connectivity index (χ3v) is 5.48. The number of hydrazine groups is 1. The summed E-state index contributed by atoms with van der Waals surface area (Å²) in [5.41, 5.74) is 2.13. The fraction of sp³-hybridized carbons (Fsp3) is 0.941. The lowest BCUT2D eigenvalue weighted by molar-refractivity contribution is 0.162. The minimum atomic E-state index is -0.274. The van der Waals surface area contributed by atoms with E-state index in [4.69, 9.17) is 5.84 Å². The van der Waals surface area contributed by atoms with Crippen LogP contribution in [0.15, 0.2) is 0 Å². The minimum absolute atomic E-state index is 0.261. The lowest BCUT2D eigenvalue weighted by atomic mass is 9.96. The zero-order chi connectivity index (χ0) is 17.4. The molecule has 0 aliphatic carbocycles. The second kappa shape index (κ2) is 10.2. The quantitative estimate of drug-likeness (QED) is 0.353. The molecule has 2 saturated heterocycles. The maximum atomic E-state index is 11.2. The first-order valence-electron chi connectivity index (χ1n) is 9.43. The van der Waals surface area contributed by atoms with Crippen LogP contribution in [-0.2, 0) is 0 Å². The number of nitrogens with zero attached hydrogens (tertiary/aromatic N) is 3. The number of hydrogen-bond donors (Lipinski definition) is 3. The Morgan fingerprint density at radius 3 is 2.46 bits per heavy atom. The number of nitrogens with one attached hydrogen (secondary N) is 2. The van der Waals surface area contributed by atoms with Gasteiger partial charge in [-0.2, -0.15) is 0 Å². The second-order valence-electron chi connectivity index (χ2n) is 7.60. The molecular formula is C17H36N6O. The van der Waals surface area contributed by atoms with Gasteiger partial charge in [-0.1, -0.05) is 0 Å². The Kier molecular flexibility index (Phi) is 8.24. The van der Waals surface area contributed by atoms with Crippen LogP contribution in [-0.4, -0.2) is 86.7 Å². The van der Waals surface area contributed by atoms with Crippen LogP contribution < -0.4 is 16.6 Å². The van der Waals surface area contributed by atoms with Crippen molar-refractivity contribution in [2.75, 3.05) is 59.9 Å². The van der Waals surface area contributed by atoms with Crippen LogP contribution in [0.2, 0.25) is 0 Å². The number of hydrogen-bond acceptors (Lipinski definition) is 5. The van der Waals surface area contributed by atoms with E-state index < -0.39 is 0 Å². The summed E-state index contributed by atoms with van der Waals surface area (Å²) >= 11 is 0. The molecule has 0 atom stereocenters. The van der Waals surface area contributed by atoms with Crippen molar-refractivity contribution >= 4 is 6.03 Å². The molecule has 2 aliphatic heterocycles. The fourth-order valence-corrected chi connectivity index (χ4v) is 3.87. The predicted octanol–water partition coefficient (Wildman–Crippen LogP) is 0.287. The van der Waals surface area contributed by atoms with E-state index in [1.165, 1.54) is 45.4 Å². The molecule has 0 aromatic carbocycles. The van der Waals surface area contributed by atoms with E-state index in [0.29, 0.717) is 0 Å². The first-order valence-corrected chi connectivity index (χ1v) is 9.43. The molecule has 2 heterocycles. The number of urea groups is 1. The summed E-state index contributed by atoms with van der Waals surface area (Å²) in [5, 5.41) is 2.90. The van der Waals surface area contributed by atoms with Gasteiger partial charge in [0.25, 0.3) is 0 Å². The number of amides is 2. The van der Waals surface area contributed by atoms with Gasteiger partial charge >= 0.3 is 6.03 Å². The molecule has 2 rings (SSSR count). The van der Waals surface area contributed by atoms with E-state index >= 15 is 0 Å². The highest BCUT2D eigenvalue weighted by molar-refractivity contribution is 5.73. The highest BCUT2D eigenvalue weighted by Gasteiger charge is 2.21. The molecule has 0 aromatic rings. The van der Waals surface area contributed by atoms with Gasteiger partial charge in [-0.25, -0.2) is 10.6 Å². The molecule has 0 aromatic heterocycles. The molecule has 4 N–H and O–H groups in total. The Bertz CT molecular complexity index is 364. The van der Waals surface area contributed by atoms with Crippen molar-refractivity contribution in [1.29, 1.82) is 0 Å². The zero-order valence-corrected chi connectivity index (χ0v) is 15.5. The van der Waals surface area contributed by atoms with Crippen LogP contribution >= 0.6 is 0 Å². The normalized spacial score (nSPS) is 22.0. The standard InChI is InChI=1S/C17H36N6O/c1-21-10-4-15(5-11-21)14-22(2)8-3-9-23-12-6-16(7-13-23)19-17(24)20-18/h15-16H,3-14,18H2,1-2H3,(H2,19,20,24). The lowest BCUT2D eigenvalue weighted by Crippen LogP contribution is -2.49. The minimum Gasteiger partial charge on any atom is -0.334 e. The van der Waals surface area contributed by atoms with Gasteiger partial charge in [-0.05, 0) is 78.3 Å². The lowest BCUT2D eigenvalue weighted by Gasteiger charge is -2.33. The van der Waals surface area contributed by atoms with E-state index in [1.807, 2.05) is 0 Å². The molecule has 0 bridgehead atoms. The molecule has 0 saturated carbocycles. The Morgan fingerprint density at radius 1 is 1.17 bits per heavy atom. The topological polar surface area (TPSA) is 76.9 Å². The molecule has 2 aliphatic rings. The predicted molar refractivity (Wildman–Crippen MR) is 97.7 cm³/mol. The van der Waals surface area contributed by atoms with Crippen molar-refractivity contribution in [2.45, 2.75) is 38.1 Å². The number of likely N-dealkylation sites (tertiary alicyclic amines) is 2. The van der Waals surface area contributed by atoms with E-state index in [-0.39, 0.29) is 12.1 Å². The van der Waals surface area contributed by atoms with Crippen LogP contribution in [0.4, 0.5) is 4.79 Å². The van der Waals surface area contributed by atoms with Gasteiger partial charge in [0.05, 0.1) is 0 Å². The van der Waals surface area contributed by atoms with Gasteiger partial charge in [-0.15, -0.1) is 0 Å². The number of rotatable bonds is 7. The highest BCUT2D eigenvalue weighted by atomic mass is 16.2. The van der Waals surface area contributed by atoms with Gasteiger partial charge in [-0.3, -0.25) is 5.43 Å². The third kappa shape index (κ3) is 6.93. The van der Waals surface area contributed by atoms with Crippen molar-refractivity contribution in [1.82, 2.24) is 25.4 Å². The summed E-state index contributed by atoms with van der Waals surface area (Å²) in [6.07, 6.45) is 5.94. The highest BCUT2D eigenvalue weighted by Crippen LogP contribution is 2.17. The summed E-state index contributed by atoms with van der Waals surface area (Å²) in [7, 11) is 4.49. The van der Waals surface area contributed by atoms with Gasteiger partial charge in [0.15, 0.2) is 0 Å². The molecule has 0 radical (unpaired) electrons. The molecule has 0 unspecified atom stereocenters. The van der Waals surface area contributed by atoms with Crippen LogP contribution in [0.1, 0.15) is 32.1 Å². The van der Waals surface area contributed by atoms with Gasteiger partial charge in [0.1, 0.15) is 0 Å². The number of nitrogens with two attached hydrogens (primary N) is 1. The van der Waals surface area contributed by atoms with E-state index in [2.05, 4.69) is 39.5 Å². The smallest absolute Gasteiger partial charge is 0.329 e. The zero-order valence-electron chi connectivity index (χ0n) is 15.5. The summed E-state index contributed by atoms with van der Waals surface area (Å²) in [6, 6.07) is -0.0131. The number of carbonyl (C=O) groups is 1. The largest absolute Gasteiger partial charge is 0.334 e. The average molecular weight is 341 g/mol. The Hall–Kier alpha value is -0.890. The van der Waals surface area contributed by atoms with Crippen LogP contribution in [0, 0.1) is 5.92 Å². The maximum absolute atomic E-state index is 11.2. The third-order valence-electron chi connectivity index (χ3n) is 5.48. The Morgan fingerprint density at radius 2 is 1.83 bits per heavy atom. The first kappa shape index (κ1) is 19.4. The SMILES string of the molecule is CN1CCC(CN(C)CCCN2CCC(NC(=O)NN)CC2)CC1. The van der Waals surface area contributed by atoms with Gasteiger partial charge in [0, 0.05) is 25.7 Å². The summed E-state index contributed by atoms with van der Waals surface area (Å²) in [4.78, 5) is 18.7. The fourth-order valence-electron chi connectivity index (χ4n) is 3.87. The van der Waals surface area contributed by atoms with Crippen LogP contribution in [0.3, 0.4) is 0 Å². The van der Waals surface area contributed by atoms with Crippen molar-refractivity contribution in [3.63, 3.8) is 0 Å². The number of piperidine rings is 2. The maximum Gasteiger partial charge on any atom is 0.329 e. The van der Waals surface area contributed by atoms with E-state index in [0.717, 1.165) is 38.4 Å². The van der Waals surface area contributed by atoms with Crippen LogP contribution in [0.25, 0.3) is 0 Å². The van der Waals surface area contributed by atoms with Gasteiger partial charge < -0.3 is 20.0 Å². The van der Waals surface area contributed by atoms with Crippen LogP contribution in [0.5, 0.6) is 0 Å². The molecule has 2 amide bonds. The molecule has 2 fully saturated rings. The van der Waals surface area contributed by atoms with Gasteiger partial charge in [0.2, 0.25) is 0 Å². The summed E-state index contributed by atoms with van der Waals surface area (Å²) in [6.45, 7) is 8.22. The monoisotopic (exact) mass is 340 g/mol. The molecule has 7 heteroatoms. The van der Waals surface area contributed by atoms with E-state index in [9.17, 15) is 4.79 Å². The Labute approximate surface area is 146 Å².